The van der Waals surface area contributed by atoms with Crippen molar-refractivity contribution < 1.29 is 9.84 Å². The van der Waals surface area contributed by atoms with Gasteiger partial charge in [-0.05, 0) is 29.7 Å². The second kappa shape index (κ2) is 3.97. The Labute approximate surface area is 106 Å². The van der Waals surface area contributed by atoms with Gasteiger partial charge in [0.05, 0.1) is 18.8 Å². The van der Waals surface area contributed by atoms with Gasteiger partial charge in [0, 0.05) is 5.56 Å². The summed E-state index contributed by atoms with van der Waals surface area (Å²) in [6.07, 6.45) is 0.896. The van der Waals surface area contributed by atoms with Crippen LogP contribution in [0.2, 0.25) is 0 Å². The fourth-order valence-electron chi connectivity index (χ4n) is 2.92. The molecule has 0 aliphatic heterocycles. The SMILES string of the molecule is COc1ccc2ccccc2c1C1(N)CC(O)C1. The molecule has 94 valence electrons. The number of hydrogen-bond donors (Lipinski definition) is 2. The number of methoxy groups -OCH3 is 1. The molecule has 2 aromatic rings. The predicted molar refractivity (Wildman–Crippen MR) is 71.6 cm³/mol. The lowest BCUT2D eigenvalue weighted by atomic mass is 9.69. The summed E-state index contributed by atoms with van der Waals surface area (Å²) >= 11 is 0. The Balaban J connectivity index is 2.24. The Morgan fingerprint density at radius 3 is 2.61 bits per heavy atom. The zero-order valence-corrected chi connectivity index (χ0v) is 10.4. The first kappa shape index (κ1) is 11.5. The molecule has 2 aromatic carbocycles. The van der Waals surface area contributed by atoms with Crippen molar-refractivity contribution in [3.8, 4) is 5.75 Å². The van der Waals surface area contributed by atoms with Crippen LogP contribution < -0.4 is 10.5 Å². The predicted octanol–water partition coefficient (Wildman–Crippen LogP) is 2.16. The maximum absolute atomic E-state index is 9.56. The van der Waals surface area contributed by atoms with Crippen LogP contribution in [0.25, 0.3) is 10.8 Å². The molecule has 0 atom stereocenters. The summed E-state index contributed by atoms with van der Waals surface area (Å²) in [5, 5.41) is 11.8. The van der Waals surface area contributed by atoms with E-state index in [2.05, 4.69) is 12.1 Å². The molecule has 3 N–H and O–H groups in total. The van der Waals surface area contributed by atoms with Gasteiger partial charge >= 0.3 is 0 Å². The third-order valence-electron chi connectivity index (χ3n) is 3.81. The summed E-state index contributed by atoms with van der Waals surface area (Å²) in [7, 11) is 1.66. The van der Waals surface area contributed by atoms with E-state index in [1.807, 2.05) is 24.3 Å². The largest absolute Gasteiger partial charge is 0.496 e. The van der Waals surface area contributed by atoms with Crippen LogP contribution in [-0.2, 0) is 5.54 Å². The molecule has 1 fully saturated rings. The minimum absolute atomic E-state index is 0.293. The van der Waals surface area contributed by atoms with Gasteiger partial charge in [0.25, 0.3) is 0 Å². The van der Waals surface area contributed by atoms with Gasteiger partial charge in [0.2, 0.25) is 0 Å². The van der Waals surface area contributed by atoms with Gasteiger partial charge < -0.3 is 15.6 Å². The average Bonchev–Trinajstić information content (AvgIpc) is 2.35. The van der Waals surface area contributed by atoms with E-state index < -0.39 is 5.54 Å². The number of ether oxygens (including phenoxy) is 1. The third-order valence-corrected chi connectivity index (χ3v) is 3.81. The van der Waals surface area contributed by atoms with Crippen molar-refractivity contribution in [1.29, 1.82) is 0 Å². The zero-order valence-electron chi connectivity index (χ0n) is 10.4. The van der Waals surface area contributed by atoms with Crippen LogP contribution in [0.3, 0.4) is 0 Å². The quantitative estimate of drug-likeness (QED) is 0.849. The van der Waals surface area contributed by atoms with Crippen LogP contribution in [0.4, 0.5) is 0 Å². The molecule has 1 saturated carbocycles. The number of benzene rings is 2. The number of fused-ring (bicyclic) bond motifs is 1. The smallest absolute Gasteiger partial charge is 0.124 e. The zero-order chi connectivity index (χ0) is 12.8. The van der Waals surface area contributed by atoms with Gasteiger partial charge in [-0.25, -0.2) is 0 Å². The Hall–Kier alpha value is -1.58. The average molecular weight is 243 g/mol. The third kappa shape index (κ3) is 1.59. The molecule has 0 heterocycles. The summed E-state index contributed by atoms with van der Waals surface area (Å²) in [6.45, 7) is 0. The van der Waals surface area contributed by atoms with Crippen molar-refractivity contribution in [3.05, 3.63) is 42.0 Å². The van der Waals surface area contributed by atoms with Gasteiger partial charge in [0.15, 0.2) is 0 Å². The standard InChI is InChI=1S/C15H17NO2/c1-18-13-7-6-10-4-2-3-5-12(10)14(13)15(16)8-11(17)9-15/h2-7,11,17H,8-9,16H2,1H3. The maximum Gasteiger partial charge on any atom is 0.124 e. The summed E-state index contributed by atoms with van der Waals surface area (Å²) in [5.74, 6) is 0.808. The molecule has 0 spiro atoms. The van der Waals surface area contributed by atoms with E-state index >= 15 is 0 Å². The van der Waals surface area contributed by atoms with Crippen molar-refractivity contribution >= 4 is 10.8 Å². The van der Waals surface area contributed by atoms with E-state index in [0.717, 1.165) is 22.1 Å². The molecule has 1 aliphatic rings. The first-order valence-corrected chi connectivity index (χ1v) is 6.17. The molecular weight excluding hydrogens is 226 g/mol. The van der Waals surface area contributed by atoms with Crippen molar-refractivity contribution in [2.24, 2.45) is 5.73 Å². The molecule has 3 heteroatoms. The monoisotopic (exact) mass is 243 g/mol. The number of rotatable bonds is 2. The number of aliphatic hydroxyl groups is 1. The van der Waals surface area contributed by atoms with Crippen LogP contribution in [-0.4, -0.2) is 18.3 Å². The van der Waals surface area contributed by atoms with Crippen molar-refractivity contribution in [2.45, 2.75) is 24.5 Å². The summed E-state index contributed by atoms with van der Waals surface area (Å²) in [4.78, 5) is 0. The lowest BCUT2D eigenvalue weighted by Gasteiger charge is -2.43. The normalized spacial score (nSPS) is 26.9. The van der Waals surface area contributed by atoms with Gasteiger partial charge in [-0.15, -0.1) is 0 Å². The number of aliphatic hydroxyl groups excluding tert-OH is 1. The highest BCUT2D eigenvalue weighted by Crippen LogP contribution is 2.46. The van der Waals surface area contributed by atoms with E-state index in [1.165, 1.54) is 0 Å². The second-order valence-electron chi connectivity index (χ2n) is 5.08. The van der Waals surface area contributed by atoms with Crippen molar-refractivity contribution in [1.82, 2.24) is 0 Å². The van der Waals surface area contributed by atoms with E-state index in [-0.39, 0.29) is 6.10 Å². The first-order chi connectivity index (χ1) is 8.64. The lowest BCUT2D eigenvalue weighted by Crippen LogP contribution is -2.51. The van der Waals surface area contributed by atoms with Gasteiger partial charge in [-0.3, -0.25) is 0 Å². The van der Waals surface area contributed by atoms with Crippen LogP contribution >= 0.6 is 0 Å². The lowest BCUT2D eigenvalue weighted by molar-refractivity contribution is 0.0206. The highest BCUT2D eigenvalue weighted by atomic mass is 16.5. The second-order valence-corrected chi connectivity index (χ2v) is 5.08. The molecule has 0 radical (unpaired) electrons. The highest BCUT2D eigenvalue weighted by Gasteiger charge is 2.44. The Morgan fingerprint density at radius 1 is 1.22 bits per heavy atom. The maximum atomic E-state index is 9.56. The van der Waals surface area contributed by atoms with Gasteiger partial charge in [0.1, 0.15) is 5.75 Å². The Kier molecular flexibility index (Phi) is 2.54. The van der Waals surface area contributed by atoms with Crippen LogP contribution in [0.15, 0.2) is 36.4 Å². The van der Waals surface area contributed by atoms with Crippen molar-refractivity contribution in [2.75, 3.05) is 7.11 Å². The molecule has 0 aromatic heterocycles. The van der Waals surface area contributed by atoms with Crippen LogP contribution in [0.1, 0.15) is 18.4 Å². The van der Waals surface area contributed by atoms with E-state index in [1.54, 1.807) is 7.11 Å². The van der Waals surface area contributed by atoms with Crippen LogP contribution in [0.5, 0.6) is 5.75 Å². The molecule has 18 heavy (non-hydrogen) atoms. The van der Waals surface area contributed by atoms with Gasteiger partial charge in [-0.2, -0.15) is 0 Å². The molecular formula is C15H17NO2. The topological polar surface area (TPSA) is 55.5 Å². The fourth-order valence-corrected chi connectivity index (χ4v) is 2.92. The molecule has 0 bridgehead atoms. The summed E-state index contributed by atoms with van der Waals surface area (Å²) < 4.78 is 5.45. The van der Waals surface area contributed by atoms with Gasteiger partial charge in [-0.1, -0.05) is 30.3 Å². The fraction of sp³-hybridized carbons (Fsp3) is 0.333. The molecule has 3 rings (SSSR count). The molecule has 0 saturated heterocycles. The minimum Gasteiger partial charge on any atom is -0.496 e. The summed E-state index contributed by atoms with van der Waals surface area (Å²) in [5.41, 5.74) is 6.97. The van der Waals surface area contributed by atoms with E-state index in [4.69, 9.17) is 10.5 Å². The molecule has 0 unspecified atom stereocenters. The number of nitrogens with two attached hydrogens (primary N) is 1. The Morgan fingerprint density at radius 2 is 1.94 bits per heavy atom. The molecule has 0 amide bonds. The minimum atomic E-state index is -0.467. The van der Waals surface area contributed by atoms with Crippen molar-refractivity contribution in [3.63, 3.8) is 0 Å². The number of hydrogen-bond acceptors (Lipinski definition) is 3. The first-order valence-electron chi connectivity index (χ1n) is 6.17. The van der Waals surface area contributed by atoms with E-state index in [0.29, 0.717) is 12.8 Å². The molecule has 1 aliphatic carbocycles. The molecule has 3 nitrogen and oxygen atoms in total. The van der Waals surface area contributed by atoms with Crippen LogP contribution in [0, 0.1) is 0 Å². The van der Waals surface area contributed by atoms with E-state index in [9.17, 15) is 5.11 Å². The highest BCUT2D eigenvalue weighted by molar-refractivity contribution is 5.89. The Bertz CT molecular complexity index is 588. The summed E-state index contributed by atoms with van der Waals surface area (Å²) in [6, 6.07) is 12.1.